The molecule has 0 atom stereocenters. The van der Waals surface area contributed by atoms with Crippen LogP contribution in [-0.2, 0) is 0 Å². The molecular weight excluding hydrogens is 378 g/mol. The molecule has 2 rings (SSSR count). The van der Waals surface area contributed by atoms with Gasteiger partial charge in [0.25, 0.3) is 5.69 Å². The van der Waals surface area contributed by atoms with E-state index in [1.165, 1.54) is 6.07 Å². The topological polar surface area (TPSA) is 75.4 Å². The highest BCUT2D eigenvalue weighted by Crippen LogP contribution is 2.38. The van der Waals surface area contributed by atoms with E-state index < -0.39 is 10.7 Å². The summed E-state index contributed by atoms with van der Waals surface area (Å²) < 4.78 is 13.8. The number of nitro groups is 1. The van der Waals surface area contributed by atoms with Crippen molar-refractivity contribution in [3.05, 3.63) is 31.6 Å². The molecule has 0 heterocycles. The van der Waals surface area contributed by atoms with Crippen LogP contribution in [0.4, 0.5) is 15.8 Å². The number of rotatable bonds is 5. The molecule has 0 amide bonds. The predicted octanol–water partition coefficient (Wildman–Crippen LogP) is 3.30. The van der Waals surface area contributed by atoms with Crippen molar-refractivity contribution in [2.24, 2.45) is 5.41 Å². The molecule has 110 valence electrons. The fourth-order valence-electron chi connectivity index (χ4n) is 2.63. The lowest BCUT2D eigenvalue weighted by molar-refractivity contribution is -0.384. The van der Waals surface area contributed by atoms with Gasteiger partial charge in [0.15, 0.2) is 0 Å². The first-order valence-corrected chi connectivity index (χ1v) is 7.53. The standard InChI is InChI=1S/C13H16FIN2O3/c14-9-5-11(12(17(19)20)6-10(9)15)16-7-13(8-18)3-1-2-4-13/h5-6,16,18H,1-4,7-8H2. The molecule has 1 aliphatic rings. The highest BCUT2D eigenvalue weighted by atomic mass is 127. The van der Waals surface area contributed by atoms with Crippen LogP contribution in [0.1, 0.15) is 25.7 Å². The van der Waals surface area contributed by atoms with E-state index in [0.29, 0.717) is 6.54 Å². The van der Waals surface area contributed by atoms with Gasteiger partial charge in [-0.3, -0.25) is 10.1 Å². The number of nitro benzene ring substituents is 1. The van der Waals surface area contributed by atoms with E-state index in [1.807, 2.05) is 0 Å². The molecule has 2 N–H and O–H groups in total. The Morgan fingerprint density at radius 3 is 2.65 bits per heavy atom. The maximum absolute atomic E-state index is 13.6. The second kappa shape index (κ2) is 6.21. The highest BCUT2D eigenvalue weighted by Gasteiger charge is 2.33. The molecule has 0 saturated heterocycles. The Bertz CT molecular complexity index is 519. The third kappa shape index (κ3) is 3.20. The van der Waals surface area contributed by atoms with Crippen LogP contribution in [-0.4, -0.2) is 23.2 Å². The average molecular weight is 394 g/mol. The van der Waals surface area contributed by atoms with Crippen LogP contribution in [0, 0.1) is 24.9 Å². The van der Waals surface area contributed by atoms with Crippen LogP contribution < -0.4 is 5.32 Å². The highest BCUT2D eigenvalue weighted by molar-refractivity contribution is 14.1. The van der Waals surface area contributed by atoms with Gasteiger partial charge in [0, 0.05) is 24.1 Å². The van der Waals surface area contributed by atoms with E-state index in [-0.39, 0.29) is 27.0 Å². The molecule has 0 aromatic heterocycles. The molecule has 1 saturated carbocycles. The molecule has 0 bridgehead atoms. The summed E-state index contributed by atoms with van der Waals surface area (Å²) in [5, 5.41) is 23.5. The lowest BCUT2D eigenvalue weighted by Gasteiger charge is -2.27. The number of aliphatic hydroxyl groups is 1. The summed E-state index contributed by atoms with van der Waals surface area (Å²) in [5.74, 6) is -0.483. The van der Waals surface area contributed by atoms with E-state index in [2.05, 4.69) is 5.32 Å². The molecule has 20 heavy (non-hydrogen) atoms. The van der Waals surface area contributed by atoms with Crippen LogP contribution in [0.2, 0.25) is 0 Å². The molecule has 5 nitrogen and oxygen atoms in total. The number of hydrogen-bond acceptors (Lipinski definition) is 4. The average Bonchev–Trinajstić information content (AvgIpc) is 2.89. The third-order valence-electron chi connectivity index (χ3n) is 3.89. The normalized spacial score (nSPS) is 17.1. The first-order chi connectivity index (χ1) is 9.47. The second-order valence-electron chi connectivity index (χ2n) is 5.26. The quantitative estimate of drug-likeness (QED) is 0.457. The van der Waals surface area contributed by atoms with E-state index in [4.69, 9.17) is 0 Å². The van der Waals surface area contributed by atoms with Crippen LogP contribution in [0.5, 0.6) is 0 Å². The zero-order valence-electron chi connectivity index (χ0n) is 10.9. The molecular formula is C13H16FIN2O3. The predicted molar refractivity (Wildman–Crippen MR) is 82.2 cm³/mol. The van der Waals surface area contributed by atoms with Crippen LogP contribution >= 0.6 is 22.6 Å². The Morgan fingerprint density at radius 2 is 2.10 bits per heavy atom. The van der Waals surface area contributed by atoms with Gasteiger partial charge in [-0.15, -0.1) is 0 Å². The molecule has 1 aliphatic carbocycles. The third-order valence-corrected chi connectivity index (χ3v) is 4.72. The smallest absolute Gasteiger partial charge is 0.293 e. The zero-order valence-corrected chi connectivity index (χ0v) is 13.0. The molecule has 7 heteroatoms. The number of nitrogens with zero attached hydrogens (tertiary/aromatic N) is 1. The fraction of sp³-hybridized carbons (Fsp3) is 0.538. The van der Waals surface area contributed by atoms with Gasteiger partial charge in [0.1, 0.15) is 11.5 Å². The summed E-state index contributed by atoms with van der Waals surface area (Å²) in [5.41, 5.74) is -0.206. The summed E-state index contributed by atoms with van der Waals surface area (Å²) in [6, 6.07) is 2.37. The van der Waals surface area contributed by atoms with Crippen LogP contribution in [0.3, 0.4) is 0 Å². The monoisotopic (exact) mass is 394 g/mol. The van der Waals surface area contributed by atoms with Gasteiger partial charge in [-0.2, -0.15) is 0 Å². The molecule has 1 fully saturated rings. The van der Waals surface area contributed by atoms with Crippen molar-refractivity contribution in [3.63, 3.8) is 0 Å². The first-order valence-electron chi connectivity index (χ1n) is 6.46. The number of halogens is 2. The molecule has 0 unspecified atom stereocenters. The number of nitrogens with one attached hydrogen (secondary N) is 1. The maximum atomic E-state index is 13.6. The van der Waals surface area contributed by atoms with E-state index in [9.17, 15) is 19.6 Å². The lowest BCUT2D eigenvalue weighted by Crippen LogP contribution is -2.30. The Kier molecular flexibility index (Phi) is 4.79. The summed E-state index contributed by atoms with van der Waals surface area (Å²) in [6.07, 6.45) is 3.87. The number of benzene rings is 1. The Hall–Kier alpha value is -0.960. The first kappa shape index (κ1) is 15.4. The van der Waals surface area contributed by atoms with Crippen molar-refractivity contribution in [2.75, 3.05) is 18.5 Å². The second-order valence-corrected chi connectivity index (χ2v) is 6.42. The van der Waals surface area contributed by atoms with Crippen molar-refractivity contribution in [3.8, 4) is 0 Å². The summed E-state index contributed by atoms with van der Waals surface area (Å²) in [4.78, 5) is 10.5. The Labute approximate surface area is 129 Å². The maximum Gasteiger partial charge on any atom is 0.293 e. The minimum absolute atomic E-state index is 0.0423. The van der Waals surface area contributed by atoms with Crippen LogP contribution in [0.25, 0.3) is 0 Å². The van der Waals surface area contributed by atoms with E-state index in [1.54, 1.807) is 22.6 Å². The molecule has 1 aromatic carbocycles. The van der Waals surface area contributed by atoms with Gasteiger partial charge in [-0.25, -0.2) is 4.39 Å². The minimum atomic E-state index is -0.524. The van der Waals surface area contributed by atoms with Gasteiger partial charge < -0.3 is 10.4 Å². The Morgan fingerprint density at radius 1 is 1.45 bits per heavy atom. The molecule has 0 aliphatic heterocycles. The van der Waals surface area contributed by atoms with Crippen molar-refractivity contribution in [1.82, 2.24) is 0 Å². The molecule has 1 aromatic rings. The van der Waals surface area contributed by atoms with Crippen molar-refractivity contribution in [2.45, 2.75) is 25.7 Å². The van der Waals surface area contributed by atoms with Gasteiger partial charge in [-0.1, -0.05) is 12.8 Å². The zero-order chi connectivity index (χ0) is 14.8. The van der Waals surface area contributed by atoms with E-state index >= 15 is 0 Å². The number of aliphatic hydroxyl groups excluding tert-OH is 1. The summed E-state index contributed by atoms with van der Waals surface area (Å²) in [6.45, 7) is 0.463. The Balaban J connectivity index is 2.20. The molecule has 0 spiro atoms. The fourth-order valence-corrected chi connectivity index (χ4v) is 3.08. The van der Waals surface area contributed by atoms with Gasteiger partial charge >= 0.3 is 0 Å². The van der Waals surface area contributed by atoms with Gasteiger partial charge in [0.05, 0.1) is 15.1 Å². The van der Waals surface area contributed by atoms with Crippen LogP contribution in [0.15, 0.2) is 12.1 Å². The number of hydrogen-bond donors (Lipinski definition) is 2. The van der Waals surface area contributed by atoms with Gasteiger partial charge in [0.2, 0.25) is 0 Å². The lowest BCUT2D eigenvalue weighted by atomic mass is 9.87. The van der Waals surface area contributed by atoms with Crippen molar-refractivity contribution in [1.29, 1.82) is 0 Å². The van der Waals surface area contributed by atoms with Gasteiger partial charge in [-0.05, 0) is 35.4 Å². The molecule has 0 radical (unpaired) electrons. The van der Waals surface area contributed by atoms with Crippen molar-refractivity contribution >= 4 is 34.0 Å². The minimum Gasteiger partial charge on any atom is -0.396 e. The number of anilines is 1. The summed E-state index contributed by atoms with van der Waals surface area (Å²) in [7, 11) is 0. The summed E-state index contributed by atoms with van der Waals surface area (Å²) >= 11 is 1.73. The van der Waals surface area contributed by atoms with E-state index in [0.717, 1.165) is 31.7 Å². The SMILES string of the molecule is O=[N+]([O-])c1cc(I)c(F)cc1NCC1(CO)CCCC1. The van der Waals surface area contributed by atoms with Crippen molar-refractivity contribution < 1.29 is 14.4 Å². The largest absolute Gasteiger partial charge is 0.396 e.